The van der Waals surface area contributed by atoms with Gasteiger partial charge in [0.1, 0.15) is 5.75 Å². The lowest BCUT2D eigenvalue weighted by atomic mass is 10.2. The molecule has 7 heteroatoms. The van der Waals surface area contributed by atoms with Gasteiger partial charge in [-0.2, -0.15) is 5.10 Å². The van der Waals surface area contributed by atoms with Crippen molar-refractivity contribution in [3.05, 3.63) is 63.6 Å². The summed E-state index contributed by atoms with van der Waals surface area (Å²) in [5.41, 5.74) is 4.50. The first kappa shape index (κ1) is 17.1. The molecule has 0 heterocycles. The lowest BCUT2D eigenvalue weighted by Crippen LogP contribution is -2.09. The summed E-state index contributed by atoms with van der Waals surface area (Å²) in [6.07, 6.45) is 1.63. The second-order valence-electron chi connectivity index (χ2n) is 4.54. The largest absolute Gasteiger partial charge is 0.482 e. The van der Waals surface area contributed by atoms with Crippen LogP contribution in [0.5, 0.6) is 5.75 Å². The molecule has 0 saturated heterocycles. The first-order valence-electron chi connectivity index (χ1n) is 6.70. The molecular formula is C16H14Cl2N2O3. The number of carbonyl (C=O) groups is 1. The Morgan fingerprint density at radius 2 is 1.83 bits per heavy atom. The van der Waals surface area contributed by atoms with Crippen LogP contribution >= 0.6 is 23.2 Å². The van der Waals surface area contributed by atoms with E-state index in [9.17, 15) is 4.79 Å². The molecular weight excluding hydrogens is 339 g/mol. The fraction of sp³-hybridized carbons (Fsp3) is 0.125. The Morgan fingerprint density at radius 3 is 2.43 bits per heavy atom. The fourth-order valence-corrected chi connectivity index (χ4v) is 2.27. The van der Waals surface area contributed by atoms with Gasteiger partial charge in [0.05, 0.1) is 12.8 Å². The first-order chi connectivity index (χ1) is 11.1. The molecule has 2 aromatic carbocycles. The maximum atomic E-state index is 10.4. The number of rotatable bonds is 7. The van der Waals surface area contributed by atoms with Gasteiger partial charge in [0, 0.05) is 15.6 Å². The SMILES string of the molecule is O=C(O)COc1ccc(/C=N\NCc2c(Cl)cccc2Cl)cc1. The Balaban J connectivity index is 1.87. The van der Waals surface area contributed by atoms with Crippen LogP contribution in [-0.2, 0) is 11.3 Å². The third-order valence-electron chi connectivity index (χ3n) is 2.86. The predicted molar refractivity (Wildman–Crippen MR) is 90.5 cm³/mol. The molecule has 0 aromatic heterocycles. The number of aliphatic carboxylic acids is 1. The highest BCUT2D eigenvalue weighted by atomic mass is 35.5. The van der Waals surface area contributed by atoms with E-state index in [4.69, 9.17) is 33.0 Å². The number of ether oxygens (including phenoxy) is 1. The molecule has 0 atom stereocenters. The maximum absolute atomic E-state index is 10.4. The fourth-order valence-electron chi connectivity index (χ4n) is 1.74. The summed E-state index contributed by atoms with van der Waals surface area (Å²) in [5.74, 6) is -0.529. The molecule has 23 heavy (non-hydrogen) atoms. The minimum absolute atomic E-state index is 0.367. The third-order valence-corrected chi connectivity index (χ3v) is 3.57. The monoisotopic (exact) mass is 352 g/mol. The Bertz CT molecular complexity index is 683. The van der Waals surface area contributed by atoms with Gasteiger partial charge in [0.15, 0.2) is 6.61 Å². The molecule has 0 spiro atoms. The molecule has 0 aliphatic carbocycles. The van der Waals surface area contributed by atoms with E-state index in [1.54, 1.807) is 48.7 Å². The van der Waals surface area contributed by atoms with Crippen LogP contribution in [-0.4, -0.2) is 23.9 Å². The van der Waals surface area contributed by atoms with Crippen LogP contribution in [0.25, 0.3) is 0 Å². The number of nitrogens with zero attached hydrogens (tertiary/aromatic N) is 1. The van der Waals surface area contributed by atoms with Crippen LogP contribution in [0.1, 0.15) is 11.1 Å². The second kappa shape index (κ2) is 8.41. The number of hydrogen-bond donors (Lipinski definition) is 2. The topological polar surface area (TPSA) is 70.9 Å². The summed E-state index contributed by atoms with van der Waals surface area (Å²) in [7, 11) is 0. The smallest absolute Gasteiger partial charge is 0.341 e. The van der Waals surface area contributed by atoms with E-state index in [0.29, 0.717) is 22.3 Å². The number of carboxylic acids is 1. The van der Waals surface area contributed by atoms with Gasteiger partial charge in [-0.3, -0.25) is 0 Å². The first-order valence-corrected chi connectivity index (χ1v) is 7.45. The van der Waals surface area contributed by atoms with E-state index >= 15 is 0 Å². The van der Waals surface area contributed by atoms with Gasteiger partial charge >= 0.3 is 5.97 Å². The van der Waals surface area contributed by atoms with Crippen LogP contribution in [0.3, 0.4) is 0 Å². The Labute approximate surface area is 143 Å². The highest BCUT2D eigenvalue weighted by Gasteiger charge is 2.03. The molecule has 2 N–H and O–H groups in total. The zero-order chi connectivity index (χ0) is 16.7. The Hall–Kier alpha value is -2.24. The van der Waals surface area contributed by atoms with Crippen molar-refractivity contribution in [2.24, 2.45) is 5.10 Å². The summed E-state index contributed by atoms with van der Waals surface area (Å²) < 4.78 is 5.04. The molecule has 120 valence electrons. The average Bonchev–Trinajstić information content (AvgIpc) is 2.53. The van der Waals surface area contributed by atoms with E-state index in [1.165, 1.54) is 0 Å². The molecule has 0 amide bonds. The van der Waals surface area contributed by atoms with Crippen molar-refractivity contribution in [1.29, 1.82) is 0 Å². The zero-order valence-electron chi connectivity index (χ0n) is 12.0. The molecule has 0 bridgehead atoms. The Morgan fingerprint density at radius 1 is 1.17 bits per heavy atom. The van der Waals surface area contributed by atoms with Crippen LogP contribution in [0.2, 0.25) is 10.0 Å². The molecule has 2 rings (SSSR count). The Kier molecular flexibility index (Phi) is 6.26. The molecule has 0 fully saturated rings. The summed E-state index contributed by atoms with van der Waals surface area (Å²) in [4.78, 5) is 10.4. The van der Waals surface area contributed by atoms with Gasteiger partial charge in [0.2, 0.25) is 0 Å². The highest BCUT2D eigenvalue weighted by Crippen LogP contribution is 2.23. The van der Waals surface area contributed by atoms with Gasteiger partial charge in [-0.05, 0) is 42.0 Å². The summed E-state index contributed by atoms with van der Waals surface area (Å²) >= 11 is 12.1. The van der Waals surface area contributed by atoms with Crippen LogP contribution in [0.4, 0.5) is 0 Å². The normalized spacial score (nSPS) is 10.7. The lowest BCUT2D eigenvalue weighted by Gasteiger charge is -2.06. The highest BCUT2D eigenvalue weighted by molar-refractivity contribution is 6.35. The van der Waals surface area contributed by atoms with Crippen molar-refractivity contribution in [2.75, 3.05) is 6.61 Å². The van der Waals surface area contributed by atoms with E-state index in [-0.39, 0.29) is 6.61 Å². The van der Waals surface area contributed by atoms with Crippen LogP contribution < -0.4 is 10.2 Å². The third kappa shape index (κ3) is 5.47. The quantitative estimate of drug-likeness (QED) is 0.590. The van der Waals surface area contributed by atoms with Crippen molar-refractivity contribution < 1.29 is 14.6 Å². The predicted octanol–water partition coefficient (Wildman–Crippen LogP) is 3.58. The van der Waals surface area contributed by atoms with E-state index in [0.717, 1.165) is 11.1 Å². The molecule has 0 aliphatic rings. The van der Waals surface area contributed by atoms with E-state index in [2.05, 4.69) is 10.5 Å². The van der Waals surface area contributed by atoms with Crippen molar-refractivity contribution >= 4 is 35.4 Å². The van der Waals surface area contributed by atoms with E-state index < -0.39 is 5.97 Å². The van der Waals surface area contributed by atoms with Gasteiger partial charge < -0.3 is 15.3 Å². The molecule has 0 saturated carbocycles. The summed E-state index contributed by atoms with van der Waals surface area (Å²) in [5, 5.41) is 13.8. The molecule has 0 unspecified atom stereocenters. The van der Waals surface area contributed by atoms with Crippen LogP contribution in [0.15, 0.2) is 47.6 Å². The van der Waals surface area contributed by atoms with Crippen LogP contribution in [0, 0.1) is 0 Å². The van der Waals surface area contributed by atoms with Crippen molar-refractivity contribution in [3.63, 3.8) is 0 Å². The minimum Gasteiger partial charge on any atom is -0.482 e. The molecule has 0 radical (unpaired) electrons. The molecule has 2 aromatic rings. The zero-order valence-corrected chi connectivity index (χ0v) is 13.5. The maximum Gasteiger partial charge on any atom is 0.341 e. The number of carboxylic acid groups (broad SMARTS) is 1. The van der Waals surface area contributed by atoms with Crippen molar-refractivity contribution in [3.8, 4) is 5.75 Å². The standard InChI is InChI=1S/C16H14Cl2N2O3/c17-14-2-1-3-15(18)13(14)9-20-19-8-11-4-6-12(7-5-11)23-10-16(21)22/h1-8,20H,9-10H2,(H,21,22)/b19-8-. The van der Waals surface area contributed by atoms with Gasteiger partial charge in [0.25, 0.3) is 0 Å². The van der Waals surface area contributed by atoms with Crippen molar-refractivity contribution in [2.45, 2.75) is 6.54 Å². The van der Waals surface area contributed by atoms with Crippen molar-refractivity contribution in [1.82, 2.24) is 5.43 Å². The molecule has 0 aliphatic heterocycles. The lowest BCUT2D eigenvalue weighted by molar-refractivity contribution is -0.139. The van der Waals surface area contributed by atoms with Gasteiger partial charge in [-0.25, -0.2) is 4.79 Å². The number of nitrogens with one attached hydrogen (secondary N) is 1. The van der Waals surface area contributed by atoms with Gasteiger partial charge in [-0.15, -0.1) is 0 Å². The summed E-state index contributed by atoms with van der Waals surface area (Å²) in [6.45, 7) is 0.0440. The minimum atomic E-state index is -1.02. The van der Waals surface area contributed by atoms with Gasteiger partial charge in [-0.1, -0.05) is 29.3 Å². The molecule has 5 nitrogen and oxygen atoms in total. The number of halogens is 2. The second-order valence-corrected chi connectivity index (χ2v) is 5.36. The summed E-state index contributed by atoms with van der Waals surface area (Å²) in [6, 6.07) is 12.2. The number of hydrazone groups is 1. The number of benzene rings is 2. The average molecular weight is 353 g/mol. The van der Waals surface area contributed by atoms with E-state index in [1.807, 2.05) is 0 Å². The number of hydrogen-bond acceptors (Lipinski definition) is 4.